The Morgan fingerprint density at radius 1 is 1.37 bits per heavy atom. The molecule has 9 nitrogen and oxygen atoms in total. The predicted octanol–water partition coefficient (Wildman–Crippen LogP) is 1.06. The molecule has 0 atom stereocenters. The van der Waals surface area contributed by atoms with Crippen LogP contribution < -0.4 is 5.32 Å². The first-order valence-electron chi connectivity index (χ1n) is 4.97. The number of nitriles is 1. The molecule has 0 aromatic heterocycles. The van der Waals surface area contributed by atoms with Gasteiger partial charge in [-0.15, -0.1) is 0 Å². The minimum atomic E-state index is -0.826. The first-order valence-corrected chi connectivity index (χ1v) is 4.97. The largest absolute Gasteiger partial charge is 0.339 e. The average Bonchev–Trinajstić information content (AvgIpc) is 2.35. The maximum atomic E-state index is 11.7. The van der Waals surface area contributed by atoms with Crippen LogP contribution in [0.1, 0.15) is 15.9 Å². The van der Waals surface area contributed by atoms with E-state index in [0.29, 0.717) is 0 Å². The Hall–Kier alpha value is -3.02. The Labute approximate surface area is 106 Å². The quantitative estimate of drug-likeness (QED) is 0.490. The maximum Gasteiger partial charge on any atom is 0.279 e. The predicted molar refractivity (Wildman–Crippen MR) is 62.4 cm³/mol. The van der Waals surface area contributed by atoms with Crippen LogP contribution in [-0.4, -0.2) is 22.3 Å². The van der Waals surface area contributed by atoms with Crippen molar-refractivity contribution in [2.75, 3.05) is 6.54 Å². The van der Waals surface area contributed by atoms with Crippen LogP contribution >= 0.6 is 0 Å². The lowest BCUT2D eigenvalue weighted by Crippen LogP contribution is -2.24. The van der Waals surface area contributed by atoms with Crippen molar-refractivity contribution >= 4 is 17.3 Å². The number of benzene rings is 1. The fraction of sp³-hybridized carbons (Fsp3) is 0.200. The normalized spacial score (nSPS) is 9.47. The van der Waals surface area contributed by atoms with Gasteiger partial charge in [-0.2, -0.15) is 5.26 Å². The van der Waals surface area contributed by atoms with Gasteiger partial charge in [-0.25, -0.2) is 0 Å². The van der Waals surface area contributed by atoms with Gasteiger partial charge in [0.25, 0.3) is 17.3 Å². The van der Waals surface area contributed by atoms with Crippen LogP contribution in [-0.2, 0) is 0 Å². The third kappa shape index (κ3) is 3.01. The fourth-order valence-electron chi connectivity index (χ4n) is 1.43. The lowest BCUT2D eigenvalue weighted by molar-refractivity contribution is -0.394. The summed E-state index contributed by atoms with van der Waals surface area (Å²) in [5.74, 6) is -0.772. The Bertz CT molecular complexity index is 605. The van der Waals surface area contributed by atoms with Crippen LogP contribution in [0.5, 0.6) is 0 Å². The van der Waals surface area contributed by atoms with Gasteiger partial charge in [0.05, 0.1) is 27.5 Å². The van der Waals surface area contributed by atoms with Gasteiger partial charge >= 0.3 is 0 Å². The van der Waals surface area contributed by atoms with Gasteiger partial charge in [0.2, 0.25) is 0 Å². The monoisotopic (exact) mass is 264 g/mol. The van der Waals surface area contributed by atoms with Gasteiger partial charge in [0.15, 0.2) is 0 Å². The van der Waals surface area contributed by atoms with Gasteiger partial charge < -0.3 is 5.32 Å². The number of carbonyl (C=O) groups excluding carboxylic acids is 1. The van der Waals surface area contributed by atoms with E-state index >= 15 is 0 Å². The van der Waals surface area contributed by atoms with Crippen LogP contribution in [0.2, 0.25) is 0 Å². The number of nitro groups is 2. The summed E-state index contributed by atoms with van der Waals surface area (Å²) in [5.41, 5.74) is -1.27. The van der Waals surface area contributed by atoms with E-state index in [1.807, 2.05) is 0 Å². The van der Waals surface area contributed by atoms with Crippen molar-refractivity contribution in [2.45, 2.75) is 6.92 Å². The summed E-state index contributed by atoms with van der Waals surface area (Å²) in [4.78, 5) is 31.5. The molecule has 19 heavy (non-hydrogen) atoms. The number of hydrogen-bond donors (Lipinski definition) is 1. The second kappa shape index (κ2) is 5.54. The van der Waals surface area contributed by atoms with Crippen molar-refractivity contribution in [1.82, 2.24) is 5.32 Å². The van der Waals surface area contributed by atoms with Crippen molar-refractivity contribution in [3.05, 3.63) is 43.5 Å². The summed E-state index contributed by atoms with van der Waals surface area (Å²) in [6.45, 7) is 1.01. The summed E-state index contributed by atoms with van der Waals surface area (Å²) >= 11 is 0. The number of amides is 1. The highest BCUT2D eigenvalue weighted by atomic mass is 16.6. The zero-order valence-electron chi connectivity index (χ0n) is 9.74. The number of nitro benzene ring substituents is 2. The van der Waals surface area contributed by atoms with Gasteiger partial charge in [-0.1, -0.05) is 0 Å². The molecular weight excluding hydrogens is 256 g/mol. The molecule has 0 heterocycles. The van der Waals surface area contributed by atoms with Crippen molar-refractivity contribution in [3.8, 4) is 6.07 Å². The van der Waals surface area contributed by atoms with Crippen LogP contribution in [0.3, 0.4) is 0 Å². The molecule has 0 aliphatic carbocycles. The molecule has 0 unspecified atom stereocenters. The second-order valence-corrected chi connectivity index (χ2v) is 3.49. The number of non-ortho nitro benzene ring substituents is 1. The number of carbonyl (C=O) groups is 1. The standard InChI is InChI=1S/C10H8N4O5/c1-6-8(10(15)12-3-2-11)4-7(13(16)17)5-9(6)14(18)19/h4-5H,3H2,1H3,(H,12,15). The fourth-order valence-corrected chi connectivity index (χ4v) is 1.43. The van der Waals surface area contributed by atoms with Crippen LogP contribution in [0.4, 0.5) is 11.4 Å². The molecule has 0 spiro atoms. The molecule has 0 fully saturated rings. The summed E-state index contributed by atoms with van der Waals surface area (Å²) in [6.07, 6.45) is 0. The molecule has 1 amide bonds. The number of nitrogens with one attached hydrogen (secondary N) is 1. The van der Waals surface area contributed by atoms with Crippen molar-refractivity contribution in [2.24, 2.45) is 0 Å². The number of rotatable bonds is 4. The molecule has 0 aliphatic rings. The molecule has 1 aromatic carbocycles. The third-order valence-electron chi connectivity index (χ3n) is 2.35. The molecule has 0 saturated heterocycles. The molecular formula is C10H8N4O5. The highest BCUT2D eigenvalue weighted by Gasteiger charge is 2.24. The van der Waals surface area contributed by atoms with Crippen molar-refractivity contribution in [3.63, 3.8) is 0 Å². The molecule has 0 saturated carbocycles. The van der Waals surface area contributed by atoms with E-state index in [4.69, 9.17) is 5.26 Å². The SMILES string of the molecule is Cc1c(C(=O)NCC#N)cc([N+](=O)[O-])cc1[N+](=O)[O-]. The van der Waals surface area contributed by atoms with E-state index in [1.54, 1.807) is 6.07 Å². The highest BCUT2D eigenvalue weighted by molar-refractivity contribution is 5.97. The second-order valence-electron chi connectivity index (χ2n) is 3.49. The van der Waals surface area contributed by atoms with E-state index in [0.717, 1.165) is 12.1 Å². The summed E-state index contributed by atoms with van der Waals surface area (Å²) in [7, 11) is 0. The van der Waals surface area contributed by atoms with E-state index < -0.39 is 27.1 Å². The first-order chi connectivity index (χ1) is 8.88. The molecule has 1 N–H and O–H groups in total. The van der Waals surface area contributed by atoms with Gasteiger partial charge in [-0.3, -0.25) is 25.0 Å². The number of nitrogens with zero attached hydrogens (tertiary/aromatic N) is 3. The average molecular weight is 264 g/mol. The third-order valence-corrected chi connectivity index (χ3v) is 2.35. The molecule has 0 bridgehead atoms. The Kier molecular flexibility index (Phi) is 4.10. The minimum Gasteiger partial charge on any atom is -0.339 e. The van der Waals surface area contributed by atoms with Crippen molar-refractivity contribution in [1.29, 1.82) is 5.26 Å². The van der Waals surface area contributed by atoms with Crippen molar-refractivity contribution < 1.29 is 14.6 Å². The zero-order chi connectivity index (χ0) is 14.6. The van der Waals surface area contributed by atoms with Gasteiger partial charge in [0.1, 0.15) is 6.54 Å². The summed E-state index contributed by atoms with van der Waals surface area (Å²) in [6, 6.07) is 3.39. The van der Waals surface area contributed by atoms with Crippen LogP contribution in [0.15, 0.2) is 12.1 Å². The highest BCUT2D eigenvalue weighted by Crippen LogP contribution is 2.27. The lowest BCUT2D eigenvalue weighted by atomic mass is 10.0. The lowest BCUT2D eigenvalue weighted by Gasteiger charge is -2.05. The van der Waals surface area contributed by atoms with E-state index in [9.17, 15) is 25.0 Å². The molecule has 9 heteroatoms. The van der Waals surface area contributed by atoms with E-state index in [-0.39, 0.29) is 17.7 Å². The topological polar surface area (TPSA) is 139 Å². The first kappa shape index (κ1) is 14.0. The molecule has 98 valence electrons. The molecule has 1 aromatic rings. The maximum absolute atomic E-state index is 11.7. The molecule has 0 radical (unpaired) electrons. The zero-order valence-corrected chi connectivity index (χ0v) is 9.74. The molecule has 0 aliphatic heterocycles. The summed E-state index contributed by atoms with van der Waals surface area (Å²) < 4.78 is 0. The van der Waals surface area contributed by atoms with Gasteiger partial charge in [0, 0.05) is 11.6 Å². The van der Waals surface area contributed by atoms with E-state index in [1.165, 1.54) is 6.92 Å². The Morgan fingerprint density at radius 3 is 2.47 bits per heavy atom. The Morgan fingerprint density at radius 2 is 2.00 bits per heavy atom. The van der Waals surface area contributed by atoms with Gasteiger partial charge in [-0.05, 0) is 6.92 Å². The van der Waals surface area contributed by atoms with Crippen LogP contribution in [0.25, 0.3) is 0 Å². The Balaban J connectivity index is 3.38. The summed E-state index contributed by atoms with van der Waals surface area (Å²) in [5, 5.41) is 32.0. The minimum absolute atomic E-state index is 0.00559. The smallest absolute Gasteiger partial charge is 0.279 e. The van der Waals surface area contributed by atoms with Crippen LogP contribution in [0, 0.1) is 38.5 Å². The molecule has 1 rings (SSSR count). The van der Waals surface area contributed by atoms with E-state index in [2.05, 4.69) is 5.32 Å². The number of hydrogen-bond acceptors (Lipinski definition) is 6.